The average Bonchev–Trinajstić information content (AvgIpc) is 2.61. The Labute approximate surface area is 89.3 Å². The molecule has 0 saturated heterocycles. The largest absolute Gasteiger partial charge is 0.298 e. The third kappa shape index (κ3) is 1.29. The maximum Gasteiger partial charge on any atom is 0.150 e. The molecule has 0 atom stereocenters. The Morgan fingerprint density at radius 1 is 1.50 bits per heavy atom. The van der Waals surface area contributed by atoms with Crippen molar-refractivity contribution >= 4 is 39.3 Å². The van der Waals surface area contributed by atoms with Crippen LogP contribution in [0.4, 0.5) is 0 Å². The van der Waals surface area contributed by atoms with Gasteiger partial charge >= 0.3 is 0 Å². The summed E-state index contributed by atoms with van der Waals surface area (Å²) in [7, 11) is 0. The molecule has 68 valence electrons. The van der Waals surface area contributed by atoms with E-state index >= 15 is 0 Å². The molecule has 0 aliphatic carbocycles. The summed E-state index contributed by atoms with van der Waals surface area (Å²) >= 11 is 7.38. The fraction of sp³-hybridized carbons (Fsp3) is 0. The van der Waals surface area contributed by atoms with E-state index in [-0.39, 0.29) is 0 Å². The third-order valence-electron chi connectivity index (χ3n) is 1.91. The molecule has 0 unspecified atom stereocenters. The van der Waals surface area contributed by atoms with Crippen LogP contribution in [-0.2, 0) is 0 Å². The Balaban J connectivity index is 2.87. The second-order valence-electron chi connectivity index (χ2n) is 2.75. The fourth-order valence-electron chi connectivity index (χ4n) is 1.29. The van der Waals surface area contributed by atoms with Crippen LogP contribution in [0.15, 0.2) is 17.5 Å². The van der Waals surface area contributed by atoms with E-state index in [0.717, 1.165) is 16.4 Å². The van der Waals surface area contributed by atoms with Gasteiger partial charge in [0.05, 0.1) is 10.6 Å². The van der Waals surface area contributed by atoms with Crippen LogP contribution >= 0.6 is 22.9 Å². The van der Waals surface area contributed by atoms with E-state index in [9.17, 15) is 4.79 Å². The summed E-state index contributed by atoms with van der Waals surface area (Å²) in [4.78, 5) is 10.6. The molecule has 14 heavy (non-hydrogen) atoms. The minimum atomic E-state index is 0.461. The molecule has 0 amide bonds. The number of carbonyl (C=O) groups is 1. The molecule has 1 aromatic carbocycles. The van der Waals surface area contributed by atoms with Crippen LogP contribution in [0.2, 0.25) is 5.02 Å². The number of nitriles is 1. The van der Waals surface area contributed by atoms with Gasteiger partial charge in [-0.05, 0) is 12.1 Å². The molecule has 2 aromatic rings. The molecule has 2 rings (SSSR count). The summed E-state index contributed by atoms with van der Waals surface area (Å²) in [5.41, 5.74) is 1.10. The van der Waals surface area contributed by atoms with E-state index in [1.807, 2.05) is 0 Å². The summed E-state index contributed by atoms with van der Waals surface area (Å²) in [6.07, 6.45) is 0.747. The molecule has 4 heteroatoms. The second kappa shape index (κ2) is 3.41. The van der Waals surface area contributed by atoms with E-state index < -0.39 is 0 Å². The molecule has 1 heterocycles. The SMILES string of the molecule is N#Cc1csc2cc(C=O)cc(Cl)c12. The summed E-state index contributed by atoms with van der Waals surface area (Å²) in [6.45, 7) is 0. The van der Waals surface area contributed by atoms with Crippen LogP contribution in [0.1, 0.15) is 15.9 Å². The van der Waals surface area contributed by atoms with Gasteiger partial charge in [0.25, 0.3) is 0 Å². The van der Waals surface area contributed by atoms with Crippen molar-refractivity contribution in [2.24, 2.45) is 0 Å². The van der Waals surface area contributed by atoms with Crippen molar-refractivity contribution < 1.29 is 4.79 Å². The summed E-state index contributed by atoms with van der Waals surface area (Å²) in [5, 5.41) is 11.7. The standard InChI is InChI=1S/C10H4ClNOS/c11-8-1-6(4-13)2-9-10(8)7(3-12)5-14-9/h1-2,4-5H. The molecule has 0 aliphatic rings. The molecule has 2 nitrogen and oxygen atoms in total. The Morgan fingerprint density at radius 2 is 2.29 bits per heavy atom. The predicted molar refractivity (Wildman–Crippen MR) is 56.9 cm³/mol. The quantitative estimate of drug-likeness (QED) is 0.694. The van der Waals surface area contributed by atoms with Crippen molar-refractivity contribution in [2.45, 2.75) is 0 Å². The molecule has 0 fully saturated rings. The Kier molecular flexibility index (Phi) is 2.24. The lowest BCUT2D eigenvalue weighted by Gasteiger charge is -1.96. The Morgan fingerprint density at radius 3 is 2.93 bits per heavy atom. The first kappa shape index (κ1) is 9.20. The molecular formula is C10H4ClNOS. The van der Waals surface area contributed by atoms with Gasteiger partial charge in [-0.3, -0.25) is 4.79 Å². The topological polar surface area (TPSA) is 40.9 Å². The highest BCUT2D eigenvalue weighted by Crippen LogP contribution is 2.32. The summed E-state index contributed by atoms with van der Waals surface area (Å²) in [6, 6.07) is 5.38. The molecule has 0 N–H and O–H groups in total. The first-order valence-corrected chi connectivity index (χ1v) is 5.08. The normalized spacial score (nSPS) is 10.0. The van der Waals surface area contributed by atoms with Gasteiger partial charge in [-0.15, -0.1) is 11.3 Å². The van der Waals surface area contributed by atoms with E-state index in [4.69, 9.17) is 16.9 Å². The summed E-state index contributed by atoms with van der Waals surface area (Å²) < 4.78 is 0.871. The molecule has 1 aromatic heterocycles. The van der Waals surface area contributed by atoms with Crippen LogP contribution in [0.3, 0.4) is 0 Å². The Bertz CT molecular complexity index is 553. The van der Waals surface area contributed by atoms with Crippen molar-refractivity contribution in [3.63, 3.8) is 0 Å². The van der Waals surface area contributed by atoms with E-state index in [2.05, 4.69) is 6.07 Å². The summed E-state index contributed by atoms with van der Waals surface area (Å²) in [5.74, 6) is 0. The van der Waals surface area contributed by atoms with E-state index in [1.54, 1.807) is 17.5 Å². The van der Waals surface area contributed by atoms with Crippen LogP contribution in [0.25, 0.3) is 10.1 Å². The second-order valence-corrected chi connectivity index (χ2v) is 4.07. The minimum absolute atomic E-state index is 0.461. The van der Waals surface area contributed by atoms with Crippen LogP contribution < -0.4 is 0 Å². The first-order chi connectivity index (χ1) is 6.76. The van der Waals surface area contributed by atoms with E-state index in [1.165, 1.54) is 11.3 Å². The zero-order chi connectivity index (χ0) is 10.1. The number of halogens is 1. The molecule has 0 bridgehead atoms. The number of hydrogen-bond donors (Lipinski definition) is 0. The maximum absolute atomic E-state index is 10.6. The fourth-order valence-corrected chi connectivity index (χ4v) is 2.63. The number of rotatable bonds is 1. The van der Waals surface area contributed by atoms with Gasteiger partial charge in [-0.25, -0.2) is 0 Å². The number of hydrogen-bond acceptors (Lipinski definition) is 3. The molecule has 0 spiro atoms. The van der Waals surface area contributed by atoms with Gasteiger partial charge in [-0.2, -0.15) is 5.26 Å². The minimum Gasteiger partial charge on any atom is -0.298 e. The number of fused-ring (bicyclic) bond motifs is 1. The third-order valence-corrected chi connectivity index (χ3v) is 3.13. The zero-order valence-electron chi connectivity index (χ0n) is 6.95. The van der Waals surface area contributed by atoms with Gasteiger partial charge in [0.15, 0.2) is 0 Å². The Hall–Kier alpha value is -1.37. The van der Waals surface area contributed by atoms with Gasteiger partial charge in [0.1, 0.15) is 12.4 Å². The van der Waals surface area contributed by atoms with Gasteiger partial charge < -0.3 is 0 Å². The van der Waals surface area contributed by atoms with Crippen molar-refractivity contribution in [3.8, 4) is 6.07 Å². The predicted octanol–water partition coefficient (Wildman–Crippen LogP) is 3.24. The highest BCUT2D eigenvalue weighted by atomic mass is 35.5. The van der Waals surface area contributed by atoms with Gasteiger partial charge in [-0.1, -0.05) is 11.6 Å². The highest BCUT2D eigenvalue weighted by molar-refractivity contribution is 7.17. The smallest absolute Gasteiger partial charge is 0.150 e. The lowest BCUT2D eigenvalue weighted by atomic mass is 10.1. The number of carbonyl (C=O) groups excluding carboxylic acids is 1. The van der Waals surface area contributed by atoms with Crippen molar-refractivity contribution in [1.82, 2.24) is 0 Å². The van der Waals surface area contributed by atoms with E-state index in [0.29, 0.717) is 16.1 Å². The van der Waals surface area contributed by atoms with Crippen LogP contribution in [0, 0.1) is 11.3 Å². The molecule has 0 radical (unpaired) electrons. The maximum atomic E-state index is 10.6. The van der Waals surface area contributed by atoms with Crippen molar-refractivity contribution in [1.29, 1.82) is 5.26 Å². The molecule has 0 aliphatic heterocycles. The molecular weight excluding hydrogens is 218 g/mol. The van der Waals surface area contributed by atoms with Crippen LogP contribution in [-0.4, -0.2) is 6.29 Å². The lowest BCUT2D eigenvalue weighted by molar-refractivity contribution is 0.112. The highest BCUT2D eigenvalue weighted by Gasteiger charge is 2.08. The number of aldehydes is 1. The van der Waals surface area contributed by atoms with Gasteiger partial charge in [0.2, 0.25) is 0 Å². The first-order valence-electron chi connectivity index (χ1n) is 3.82. The van der Waals surface area contributed by atoms with Gasteiger partial charge in [0, 0.05) is 21.0 Å². The van der Waals surface area contributed by atoms with Crippen molar-refractivity contribution in [2.75, 3.05) is 0 Å². The number of nitrogens with zero attached hydrogens (tertiary/aromatic N) is 1. The van der Waals surface area contributed by atoms with Crippen LogP contribution in [0.5, 0.6) is 0 Å². The molecule has 0 saturated carbocycles. The monoisotopic (exact) mass is 221 g/mol. The number of benzene rings is 1. The number of thiophene rings is 1. The average molecular weight is 222 g/mol. The zero-order valence-corrected chi connectivity index (χ0v) is 8.52. The lowest BCUT2D eigenvalue weighted by Crippen LogP contribution is -1.80. The van der Waals surface area contributed by atoms with Crippen molar-refractivity contribution in [3.05, 3.63) is 33.7 Å².